The van der Waals surface area contributed by atoms with Crippen LogP contribution in [0.3, 0.4) is 0 Å². The first kappa shape index (κ1) is 31.0. The summed E-state index contributed by atoms with van der Waals surface area (Å²) in [7, 11) is 0. The van der Waals surface area contributed by atoms with Crippen molar-refractivity contribution in [1.82, 2.24) is 10.2 Å². The van der Waals surface area contributed by atoms with Crippen molar-refractivity contribution in [2.75, 3.05) is 23.9 Å². The first-order valence-electron chi connectivity index (χ1n) is 12.2. The number of carbonyl (C=O) groups is 3. The van der Waals surface area contributed by atoms with E-state index in [0.717, 1.165) is 11.1 Å². The molecule has 0 bridgehead atoms. The van der Waals surface area contributed by atoms with Crippen LogP contribution in [0.2, 0.25) is 5.02 Å². The zero-order chi connectivity index (χ0) is 28.5. The molecule has 0 aliphatic heterocycles. The molecule has 0 fully saturated rings. The maximum atomic E-state index is 13.9. The van der Waals surface area contributed by atoms with E-state index in [9.17, 15) is 19.6 Å². The number of aryl methyl sites for hydroxylation is 2. The van der Waals surface area contributed by atoms with Crippen molar-refractivity contribution in [2.45, 2.75) is 58.7 Å². The molecule has 10 heteroatoms. The van der Waals surface area contributed by atoms with E-state index >= 15 is 0 Å². The molecule has 2 atom stereocenters. The van der Waals surface area contributed by atoms with E-state index in [1.807, 2.05) is 44.4 Å². The van der Waals surface area contributed by atoms with Crippen LogP contribution in [0.5, 0.6) is 0 Å². The summed E-state index contributed by atoms with van der Waals surface area (Å²) in [4.78, 5) is 41.6. The first-order chi connectivity index (χ1) is 17.9. The van der Waals surface area contributed by atoms with Gasteiger partial charge in [-0.2, -0.15) is 17.0 Å². The van der Waals surface area contributed by atoms with Crippen LogP contribution < -0.4 is 10.6 Å². The van der Waals surface area contributed by atoms with Crippen molar-refractivity contribution in [3.63, 3.8) is 0 Å². The Morgan fingerprint density at radius 1 is 1.11 bits per heavy atom. The molecular weight excluding hydrogens is 524 g/mol. The quantitative estimate of drug-likeness (QED) is 0.365. The fourth-order valence-corrected chi connectivity index (χ4v) is 4.58. The molecule has 0 aliphatic rings. The van der Waals surface area contributed by atoms with Crippen molar-refractivity contribution in [3.05, 3.63) is 64.2 Å². The van der Waals surface area contributed by atoms with Crippen LogP contribution in [0, 0.1) is 25.2 Å². The predicted octanol–water partition coefficient (Wildman–Crippen LogP) is 5.64. The lowest BCUT2D eigenvalue weighted by molar-refractivity contribution is -0.140. The largest absolute Gasteiger partial charge is 0.444 e. The van der Waals surface area contributed by atoms with Crippen molar-refractivity contribution < 1.29 is 19.1 Å². The lowest BCUT2D eigenvalue weighted by atomic mass is 9.97. The highest BCUT2D eigenvalue weighted by Crippen LogP contribution is 2.30. The Morgan fingerprint density at radius 2 is 1.76 bits per heavy atom. The SMILES string of the molecule is CSCCC(NC(=O)OC(C)(C)C)C(=O)N(CC#N)C(C(=O)Nc1c(C)cccc1Cl)c1ccccc1C. The minimum atomic E-state index is -1.16. The number of ether oxygens (including phenoxy) is 1. The van der Waals surface area contributed by atoms with Gasteiger partial charge in [0.15, 0.2) is 0 Å². The van der Waals surface area contributed by atoms with E-state index in [1.165, 1.54) is 16.7 Å². The molecule has 2 aromatic rings. The van der Waals surface area contributed by atoms with Crippen LogP contribution in [-0.4, -0.2) is 53.0 Å². The Labute approximate surface area is 234 Å². The average molecular weight is 559 g/mol. The van der Waals surface area contributed by atoms with Crippen LogP contribution in [-0.2, 0) is 14.3 Å². The van der Waals surface area contributed by atoms with Gasteiger partial charge in [-0.3, -0.25) is 9.59 Å². The molecular formula is C28H35ClN4O4S. The molecule has 2 rings (SSSR count). The topological polar surface area (TPSA) is 112 Å². The van der Waals surface area contributed by atoms with Crippen LogP contribution in [0.1, 0.15) is 49.9 Å². The van der Waals surface area contributed by atoms with Crippen molar-refractivity contribution >= 4 is 47.0 Å². The summed E-state index contributed by atoms with van der Waals surface area (Å²) < 4.78 is 5.37. The molecule has 0 aromatic heterocycles. The standard InChI is InChI=1S/C28H35ClN4O4S/c1-18-10-7-8-12-20(18)24(25(34)32-23-19(2)11-9-13-21(23)29)33(16-15-30)26(35)22(14-17-38-6)31-27(36)37-28(3,4)5/h7-13,22,24H,14,16-17H2,1-6H3,(H,31,36)(H,32,34). The smallest absolute Gasteiger partial charge is 0.408 e. The number of rotatable bonds is 10. The molecule has 0 spiro atoms. The zero-order valence-corrected chi connectivity index (χ0v) is 24.2. The number of amides is 3. The normalized spacial score (nSPS) is 12.6. The molecule has 204 valence electrons. The van der Waals surface area contributed by atoms with E-state index in [4.69, 9.17) is 16.3 Å². The van der Waals surface area contributed by atoms with E-state index in [0.29, 0.717) is 22.0 Å². The van der Waals surface area contributed by atoms with Gasteiger partial charge in [0.2, 0.25) is 5.91 Å². The molecule has 0 heterocycles. The van der Waals surface area contributed by atoms with E-state index in [-0.39, 0.29) is 13.0 Å². The van der Waals surface area contributed by atoms with Gasteiger partial charge in [0.25, 0.3) is 5.91 Å². The Kier molecular flexibility index (Phi) is 11.5. The van der Waals surface area contributed by atoms with Gasteiger partial charge in [-0.25, -0.2) is 4.79 Å². The van der Waals surface area contributed by atoms with Gasteiger partial charge < -0.3 is 20.3 Å². The highest BCUT2D eigenvalue weighted by atomic mass is 35.5. The summed E-state index contributed by atoms with van der Waals surface area (Å²) in [6.07, 6.45) is 1.42. The molecule has 38 heavy (non-hydrogen) atoms. The second kappa shape index (κ2) is 14.1. The maximum absolute atomic E-state index is 13.9. The van der Waals surface area contributed by atoms with E-state index in [2.05, 4.69) is 10.6 Å². The summed E-state index contributed by atoms with van der Waals surface area (Å²) in [5, 5.41) is 15.6. The zero-order valence-electron chi connectivity index (χ0n) is 22.6. The summed E-state index contributed by atoms with van der Waals surface area (Å²) in [5.41, 5.74) is 1.73. The van der Waals surface area contributed by atoms with Gasteiger partial charge in [-0.05, 0) is 75.8 Å². The Bertz CT molecular complexity index is 1170. The number of benzene rings is 2. The monoisotopic (exact) mass is 558 g/mol. The summed E-state index contributed by atoms with van der Waals surface area (Å²) in [5.74, 6) is -0.530. The summed E-state index contributed by atoms with van der Waals surface area (Å²) in [6.45, 7) is 8.44. The molecule has 8 nitrogen and oxygen atoms in total. The summed E-state index contributed by atoms with van der Waals surface area (Å²) in [6, 6.07) is 12.3. The highest BCUT2D eigenvalue weighted by molar-refractivity contribution is 7.98. The lowest BCUT2D eigenvalue weighted by Crippen LogP contribution is -2.52. The third-order valence-electron chi connectivity index (χ3n) is 5.64. The Balaban J connectivity index is 2.54. The maximum Gasteiger partial charge on any atom is 0.408 e. The van der Waals surface area contributed by atoms with Crippen molar-refractivity contribution in [3.8, 4) is 6.07 Å². The van der Waals surface area contributed by atoms with Crippen molar-refractivity contribution in [2.24, 2.45) is 0 Å². The number of nitrogens with one attached hydrogen (secondary N) is 2. The van der Waals surface area contributed by atoms with Crippen molar-refractivity contribution in [1.29, 1.82) is 5.26 Å². The molecule has 3 amide bonds. The van der Waals surface area contributed by atoms with Crippen LogP contribution in [0.25, 0.3) is 0 Å². The summed E-state index contributed by atoms with van der Waals surface area (Å²) >= 11 is 7.87. The van der Waals surface area contributed by atoms with Crippen LogP contribution >= 0.6 is 23.4 Å². The van der Waals surface area contributed by atoms with E-state index < -0.39 is 35.6 Å². The van der Waals surface area contributed by atoms with Gasteiger partial charge in [-0.15, -0.1) is 0 Å². The predicted molar refractivity (Wildman–Crippen MR) is 152 cm³/mol. The highest BCUT2D eigenvalue weighted by Gasteiger charge is 2.37. The third kappa shape index (κ3) is 8.67. The molecule has 0 saturated heterocycles. The number of para-hydroxylation sites is 1. The lowest BCUT2D eigenvalue weighted by Gasteiger charge is -2.33. The average Bonchev–Trinajstić information content (AvgIpc) is 2.83. The number of hydrogen-bond donors (Lipinski definition) is 2. The number of thioether (sulfide) groups is 1. The van der Waals surface area contributed by atoms with Gasteiger partial charge in [0.05, 0.1) is 16.8 Å². The molecule has 2 N–H and O–H groups in total. The van der Waals surface area contributed by atoms with Gasteiger partial charge in [0.1, 0.15) is 24.2 Å². The number of carbonyl (C=O) groups excluding carboxylic acids is 3. The second-order valence-corrected chi connectivity index (χ2v) is 11.2. The Hall–Kier alpha value is -3.22. The van der Waals surface area contributed by atoms with Crippen LogP contribution in [0.4, 0.5) is 10.5 Å². The molecule has 2 aromatic carbocycles. The number of anilines is 1. The number of nitriles is 1. The van der Waals surface area contributed by atoms with Crippen LogP contribution in [0.15, 0.2) is 42.5 Å². The first-order valence-corrected chi connectivity index (χ1v) is 13.9. The fraction of sp³-hybridized carbons (Fsp3) is 0.429. The molecule has 0 saturated carbocycles. The number of hydrogen-bond acceptors (Lipinski definition) is 6. The third-order valence-corrected chi connectivity index (χ3v) is 6.60. The minimum absolute atomic E-state index is 0.285. The molecule has 2 unspecified atom stereocenters. The Morgan fingerprint density at radius 3 is 2.34 bits per heavy atom. The van der Waals surface area contributed by atoms with Gasteiger partial charge >= 0.3 is 6.09 Å². The fourth-order valence-electron chi connectivity index (χ4n) is 3.84. The minimum Gasteiger partial charge on any atom is -0.444 e. The molecule has 0 radical (unpaired) electrons. The number of halogens is 1. The van der Waals surface area contributed by atoms with Gasteiger partial charge in [0, 0.05) is 0 Å². The van der Waals surface area contributed by atoms with E-state index in [1.54, 1.807) is 45.0 Å². The number of nitrogens with zero attached hydrogens (tertiary/aromatic N) is 2. The molecule has 0 aliphatic carbocycles. The van der Waals surface area contributed by atoms with Gasteiger partial charge in [-0.1, -0.05) is 48.0 Å². The second-order valence-electron chi connectivity index (χ2n) is 9.78. The number of alkyl carbamates (subject to hydrolysis) is 1.